The predicted octanol–water partition coefficient (Wildman–Crippen LogP) is 0.691. The van der Waals surface area contributed by atoms with E-state index in [0.717, 1.165) is 11.6 Å². The van der Waals surface area contributed by atoms with Crippen LogP contribution >= 0.6 is 0 Å². The minimum absolute atomic E-state index is 1.06. The molecule has 0 N–H and O–H groups in total. The number of hydrogen-bond acceptors (Lipinski definition) is 1. The normalized spacial score (nSPS) is 11.6. The van der Waals surface area contributed by atoms with Crippen LogP contribution in [0.2, 0.25) is 5.09 Å². The van der Waals surface area contributed by atoms with E-state index < -0.39 is 0 Å². The number of allylic oxidation sites excluding steroid dienone is 1. The molecule has 0 bridgehead atoms. The van der Waals surface area contributed by atoms with Crippen LogP contribution in [-0.4, -0.2) is 43.3 Å². The van der Waals surface area contributed by atoms with Gasteiger partial charge in [-0.15, -0.1) is 0 Å². The maximum absolute atomic E-state index is 2.18. The summed E-state index contributed by atoms with van der Waals surface area (Å²) in [6, 6.07) is 0. The van der Waals surface area contributed by atoms with Crippen molar-refractivity contribution in [3.63, 3.8) is 0 Å². The van der Waals surface area contributed by atoms with E-state index >= 15 is 0 Å². The molecule has 0 fully saturated rings. The number of rotatable bonds is 3. The van der Waals surface area contributed by atoms with Crippen molar-refractivity contribution >= 4 is 17.7 Å². The van der Waals surface area contributed by atoms with Crippen LogP contribution in [0.1, 0.15) is 0 Å². The van der Waals surface area contributed by atoms with Crippen LogP contribution in [0.5, 0.6) is 0 Å². The number of hydrogen-bond donors (Lipinski definition) is 0. The van der Waals surface area contributed by atoms with Crippen molar-refractivity contribution in [2.24, 2.45) is 0 Å². The van der Waals surface area contributed by atoms with Crippen molar-refractivity contribution in [1.29, 1.82) is 0 Å². The summed E-state index contributed by atoms with van der Waals surface area (Å²) in [6.45, 7) is 1.06. The third-order valence-corrected chi connectivity index (χ3v) is 0.873. The molecule has 1 nitrogen and oxygen atoms in total. The molecule has 0 saturated carbocycles. The van der Waals surface area contributed by atoms with Gasteiger partial charge in [0.05, 0.1) is 0 Å². The van der Waals surface area contributed by atoms with E-state index in [0.29, 0.717) is 0 Å². The van der Waals surface area contributed by atoms with Crippen LogP contribution in [0, 0.1) is 0 Å². The van der Waals surface area contributed by atoms with Gasteiger partial charge < -0.3 is 0 Å². The van der Waals surface area contributed by atoms with Gasteiger partial charge in [0.1, 0.15) is 0 Å². The zero-order chi connectivity index (χ0) is 6.41. The molecule has 0 unspecified atom stereocenters. The summed E-state index contributed by atoms with van der Waals surface area (Å²) in [5.74, 6) is 0. The third-order valence-electron chi connectivity index (χ3n) is 0.873. The molecule has 0 aliphatic heterocycles. The van der Waals surface area contributed by atoms with Crippen LogP contribution in [0.25, 0.3) is 0 Å². The fourth-order valence-corrected chi connectivity index (χ4v) is 0.452. The number of nitrogens with zero attached hydrogens (tertiary/aromatic N) is 1. The van der Waals surface area contributed by atoms with Gasteiger partial charge in [-0.05, 0) is 0 Å². The fourth-order valence-electron chi connectivity index (χ4n) is 0.452. The van der Waals surface area contributed by atoms with Gasteiger partial charge in [-0.25, -0.2) is 0 Å². The number of likely N-dealkylation sites (N-methyl/N-ethyl adjacent to an activating group) is 1. The minimum atomic E-state index is 1.06. The molecule has 42 valence electrons. The van der Waals surface area contributed by atoms with Crippen molar-refractivity contribution in [2.45, 2.75) is 5.09 Å². The van der Waals surface area contributed by atoms with Crippen molar-refractivity contribution in [1.82, 2.24) is 4.90 Å². The molecule has 0 aliphatic carbocycles. The average Bonchev–Trinajstić information content (AvgIpc) is 1.66. The Kier molecular flexibility index (Phi) is 5.64. The molecule has 0 aromatic heterocycles. The molecule has 0 spiro atoms. The molecule has 0 radical (unpaired) electrons. The van der Waals surface area contributed by atoms with Crippen molar-refractivity contribution in [3.05, 3.63) is 12.2 Å². The summed E-state index contributed by atoms with van der Waals surface area (Å²) >= 11 is 2.14. The Hall–Kier alpha value is 0.297. The maximum atomic E-state index is 2.18. The molecular weight excluding hydrogens is 93.0 g/mol. The molecule has 8 heavy (non-hydrogen) atoms. The van der Waals surface area contributed by atoms with Crippen LogP contribution in [0.15, 0.2) is 12.2 Å². The molecule has 0 heterocycles. The SMILES string of the molecule is [Li][CH2]/C=C/CN(C)C. The first-order valence-corrected chi connectivity index (χ1v) is 3.07. The van der Waals surface area contributed by atoms with Crippen LogP contribution in [-0.2, 0) is 0 Å². The van der Waals surface area contributed by atoms with E-state index in [1.807, 2.05) is 0 Å². The zero-order valence-electron chi connectivity index (χ0n) is 6.02. The first-order valence-electron chi connectivity index (χ1n) is 3.07. The quantitative estimate of drug-likeness (QED) is 0.377. The Balaban J connectivity index is 3.03. The van der Waals surface area contributed by atoms with E-state index in [9.17, 15) is 0 Å². The van der Waals surface area contributed by atoms with Gasteiger partial charge in [0.25, 0.3) is 0 Å². The van der Waals surface area contributed by atoms with Gasteiger partial charge >= 0.3 is 60.5 Å². The van der Waals surface area contributed by atoms with Gasteiger partial charge in [-0.2, -0.15) is 0 Å². The third kappa shape index (κ3) is 6.30. The van der Waals surface area contributed by atoms with E-state index in [1.54, 1.807) is 0 Å². The molecule has 2 heteroatoms. The Morgan fingerprint density at radius 2 is 2.00 bits per heavy atom. The van der Waals surface area contributed by atoms with E-state index in [-0.39, 0.29) is 0 Å². The molecule has 0 atom stereocenters. The summed E-state index contributed by atoms with van der Waals surface area (Å²) < 4.78 is 0. The molecule has 0 aromatic rings. The average molecular weight is 105 g/mol. The van der Waals surface area contributed by atoms with Crippen molar-refractivity contribution < 1.29 is 0 Å². The second kappa shape index (κ2) is 5.43. The molecule has 0 rings (SSSR count). The Morgan fingerprint density at radius 1 is 1.38 bits per heavy atom. The first-order chi connectivity index (χ1) is 3.77. The molecule has 0 aliphatic rings. The van der Waals surface area contributed by atoms with E-state index in [4.69, 9.17) is 0 Å². The van der Waals surface area contributed by atoms with Crippen LogP contribution < -0.4 is 0 Å². The van der Waals surface area contributed by atoms with Crippen molar-refractivity contribution in [2.75, 3.05) is 20.6 Å². The van der Waals surface area contributed by atoms with E-state index in [1.165, 1.54) is 0 Å². The Bertz CT molecular complexity index is 68.9. The molecular formula is C6H12LiN. The predicted molar refractivity (Wildman–Crippen MR) is 38.3 cm³/mol. The van der Waals surface area contributed by atoms with Crippen LogP contribution in [0.3, 0.4) is 0 Å². The summed E-state index contributed by atoms with van der Waals surface area (Å²) in [5.41, 5.74) is 0. The van der Waals surface area contributed by atoms with Gasteiger partial charge in [-0.3, -0.25) is 0 Å². The van der Waals surface area contributed by atoms with E-state index in [2.05, 4.69) is 48.9 Å². The Labute approximate surface area is 61.0 Å². The van der Waals surface area contributed by atoms with Crippen LogP contribution in [0.4, 0.5) is 0 Å². The topological polar surface area (TPSA) is 3.24 Å². The summed E-state index contributed by atoms with van der Waals surface area (Å²) in [5, 5.41) is 1.15. The molecule has 0 aromatic carbocycles. The molecule has 0 amide bonds. The Morgan fingerprint density at radius 3 is 2.38 bits per heavy atom. The van der Waals surface area contributed by atoms with Gasteiger partial charge in [0.15, 0.2) is 0 Å². The van der Waals surface area contributed by atoms with Crippen molar-refractivity contribution in [3.8, 4) is 0 Å². The zero-order valence-corrected chi connectivity index (χ0v) is 6.02. The molecule has 0 saturated heterocycles. The standard InChI is InChI=1S/C6H12N.Li/c1-4-5-6-7(2)3;/h4-5H,1,6H2,2-3H3;/b5-4+;. The second-order valence-electron chi connectivity index (χ2n) is 2.14. The second-order valence-corrected chi connectivity index (χ2v) is 2.14. The van der Waals surface area contributed by atoms with Gasteiger partial charge in [0.2, 0.25) is 0 Å². The summed E-state index contributed by atoms with van der Waals surface area (Å²) in [7, 11) is 4.14. The monoisotopic (exact) mass is 105 g/mol. The summed E-state index contributed by atoms with van der Waals surface area (Å²) in [6.07, 6.45) is 4.36. The van der Waals surface area contributed by atoms with Gasteiger partial charge in [-0.1, -0.05) is 0 Å². The fraction of sp³-hybridized carbons (Fsp3) is 0.667. The summed E-state index contributed by atoms with van der Waals surface area (Å²) in [4.78, 5) is 2.14. The first kappa shape index (κ1) is 8.30. The van der Waals surface area contributed by atoms with Gasteiger partial charge in [0, 0.05) is 0 Å².